The summed E-state index contributed by atoms with van der Waals surface area (Å²) in [6, 6.07) is 32.8. The number of nitrogens with zero attached hydrogens (tertiary/aromatic N) is 6. The van der Waals surface area contributed by atoms with Crippen molar-refractivity contribution in [1.29, 1.82) is 0 Å². The van der Waals surface area contributed by atoms with Crippen molar-refractivity contribution in [2.24, 2.45) is 0 Å². The fourth-order valence-corrected chi connectivity index (χ4v) is 13.9. The number of aliphatic hydroxyl groups excluding tert-OH is 3. The number of hydrogen-bond donors (Lipinski definition) is 6. The zero-order chi connectivity index (χ0) is 68.6. The topological polar surface area (TPSA) is 167 Å². The number of urea groups is 3. The van der Waals surface area contributed by atoms with Gasteiger partial charge in [0.25, 0.3) is 0 Å². The quantitative estimate of drug-likeness (QED) is 0.0654. The third-order valence-corrected chi connectivity index (χ3v) is 19.2. The van der Waals surface area contributed by atoms with Crippen LogP contribution in [-0.2, 0) is 16.6 Å². The third kappa shape index (κ3) is 14.2. The Morgan fingerprint density at radius 3 is 0.896 bits per heavy atom. The molecule has 3 saturated heterocycles. The smallest absolute Gasteiger partial charge is 0.321 e. The van der Waals surface area contributed by atoms with E-state index in [9.17, 15) is 69.2 Å². The van der Waals surface area contributed by atoms with Crippen molar-refractivity contribution < 1.29 is 69.2 Å². The molecule has 3 fully saturated rings. The number of alkyl halides is 3. The second-order valence-corrected chi connectivity index (χ2v) is 24.9. The summed E-state index contributed by atoms with van der Waals surface area (Å²) in [5.41, 5.74) is -0.783. The molecule has 12 rings (SSSR count). The van der Waals surface area contributed by atoms with Crippen LogP contribution in [0.5, 0.6) is 0 Å². The van der Waals surface area contributed by atoms with E-state index < -0.39 is 126 Å². The molecular formula is C72H78F9N9O6. The molecule has 0 bridgehead atoms. The summed E-state index contributed by atoms with van der Waals surface area (Å²) in [6.07, 6.45) is 2.51. The molecule has 6 heterocycles. The van der Waals surface area contributed by atoms with Crippen LogP contribution in [0.4, 0.5) is 53.9 Å². The van der Waals surface area contributed by atoms with Crippen molar-refractivity contribution in [2.75, 3.05) is 99.9 Å². The Hall–Kier alpha value is -8.52. The van der Waals surface area contributed by atoms with Gasteiger partial charge in [-0.2, -0.15) is 0 Å². The van der Waals surface area contributed by atoms with Gasteiger partial charge in [-0.1, -0.05) is 91.0 Å². The first-order valence-corrected chi connectivity index (χ1v) is 31.8. The minimum Gasteiger partial charge on any atom is -0.393 e. The van der Waals surface area contributed by atoms with Gasteiger partial charge in [0.1, 0.15) is 70.0 Å². The van der Waals surface area contributed by atoms with Gasteiger partial charge in [0.2, 0.25) is 0 Å². The lowest BCUT2D eigenvalue weighted by atomic mass is 9.89. The van der Waals surface area contributed by atoms with Crippen LogP contribution in [0.25, 0.3) is 16.7 Å². The SMILES string of the molecule is CN(C(=O)N1CC(c2cc(F)ccc2F)=C[C@@]1(CO)c1ccccc1)[C@@H]1CCNC[C@@H]1F.CN(C(=O)N1CC(c2cc(F)ccc2F)=C[C@@]1(CO)c1ccccc1)[C@@H]1CCNC[C@H]1F.CN(C(=O)N1CC(c2cc(F)ccc2F)=C[C@@]1(CO)c1ccccc1)[C@H]1CCNC[C@@H]1F. The number of nitrogens with one attached hydrogen (secondary N) is 3. The summed E-state index contributed by atoms with van der Waals surface area (Å²) in [4.78, 5) is 49.2. The number of rotatable bonds is 12. The number of carbonyl (C=O) groups is 3. The maximum absolute atomic E-state index is 14.6. The lowest BCUT2D eigenvalue weighted by Gasteiger charge is -2.42. The van der Waals surface area contributed by atoms with Gasteiger partial charge in [-0.25, -0.2) is 53.9 Å². The Balaban J connectivity index is 0.000000157. The molecule has 0 saturated carbocycles. The Kier molecular flexibility index (Phi) is 22.2. The minimum absolute atomic E-state index is 0.0296. The summed E-state index contributed by atoms with van der Waals surface area (Å²) in [6.45, 7) is 0.660. The fourth-order valence-electron chi connectivity index (χ4n) is 13.9. The molecule has 0 spiro atoms. The Bertz CT molecular complexity index is 3440. The number of aliphatic hydroxyl groups is 3. The highest BCUT2D eigenvalue weighted by molar-refractivity contribution is 5.86. The van der Waals surface area contributed by atoms with E-state index in [0.29, 0.717) is 72.3 Å². The predicted octanol–water partition coefficient (Wildman–Crippen LogP) is 9.91. The number of amides is 6. The van der Waals surface area contributed by atoms with Crippen molar-refractivity contribution in [3.63, 3.8) is 0 Å². The monoisotopic (exact) mass is 1340 g/mol. The highest BCUT2D eigenvalue weighted by Crippen LogP contribution is 2.45. The minimum atomic E-state index is -1.29. The number of benzene rings is 6. The van der Waals surface area contributed by atoms with Gasteiger partial charge in [0.05, 0.1) is 37.9 Å². The average Bonchev–Trinajstić information content (AvgIpc) is 1.59. The highest BCUT2D eigenvalue weighted by atomic mass is 19.2. The third-order valence-electron chi connectivity index (χ3n) is 19.2. The van der Waals surface area contributed by atoms with E-state index in [1.165, 1.54) is 29.4 Å². The van der Waals surface area contributed by atoms with Gasteiger partial charge in [0.15, 0.2) is 0 Å². The first-order valence-electron chi connectivity index (χ1n) is 31.8. The van der Waals surface area contributed by atoms with Crippen LogP contribution in [-0.4, -0.2) is 199 Å². The van der Waals surface area contributed by atoms with E-state index in [2.05, 4.69) is 16.0 Å². The molecule has 0 aliphatic carbocycles. The van der Waals surface area contributed by atoms with E-state index in [1.807, 2.05) is 0 Å². The maximum Gasteiger partial charge on any atom is 0.321 e. The largest absolute Gasteiger partial charge is 0.393 e. The van der Waals surface area contributed by atoms with Crippen LogP contribution < -0.4 is 16.0 Å². The highest BCUT2D eigenvalue weighted by Gasteiger charge is 2.51. The van der Waals surface area contributed by atoms with Gasteiger partial charge in [-0.15, -0.1) is 0 Å². The summed E-state index contributed by atoms with van der Waals surface area (Å²) < 4.78 is 129. The second-order valence-electron chi connectivity index (χ2n) is 24.9. The van der Waals surface area contributed by atoms with E-state index in [1.54, 1.807) is 130 Å². The summed E-state index contributed by atoms with van der Waals surface area (Å²) in [5, 5.41) is 40.4. The van der Waals surface area contributed by atoms with Crippen LogP contribution in [0.3, 0.4) is 0 Å². The molecule has 6 amide bonds. The van der Waals surface area contributed by atoms with E-state index in [0.717, 1.165) is 54.6 Å². The molecule has 6 aromatic carbocycles. The number of hydrogen-bond acceptors (Lipinski definition) is 9. The van der Waals surface area contributed by atoms with Gasteiger partial charge < -0.3 is 60.7 Å². The molecule has 9 atom stereocenters. The zero-order valence-electron chi connectivity index (χ0n) is 53.3. The second kappa shape index (κ2) is 30.3. The van der Waals surface area contributed by atoms with Crippen LogP contribution in [0.2, 0.25) is 0 Å². The van der Waals surface area contributed by atoms with Crippen molar-refractivity contribution in [3.8, 4) is 0 Å². The molecule has 0 unspecified atom stereocenters. The normalized spacial score (nSPS) is 25.5. The molecule has 0 radical (unpaired) electrons. The van der Waals surface area contributed by atoms with Gasteiger partial charge >= 0.3 is 18.1 Å². The van der Waals surface area contributed by atoms with Gasteiger partial charge in [-0.05, 0) is 145 Å². The lowest BCUT2D eigenvalue weighted by molar-refractivity contribution is 0.0599. The number of carbonyl (C=O) groups excluding carboxylic acids is 3. The van der Waals surface area contributed by atoms with Gasteiger partial charge in [0, 0.05) is 77.1 Å². The zero-order valence-corrected chi connectivity index (χ0v) is 53.3. The van der Waals surface area contributed by atoms with E-state index in [-0.39, 0.29) is 56.0 Å². The number of halogens is 9. The van der Waals surface area contributed by atoms with Crippen LogP contribution in [0.15, 0.2) is 164 Å². The lowest BCUT2D eigenvalue weighted by Crippen LogP contribution is -2.58. The molecule has 6 aliphatic heterocycles. The molecule has 96 heavy (non-hydrogen) atoms. The van der Waals surface area contributed by atoms with E-state index in [4.69, 9.17) is 0 Å². The predicted molar refractivity (Wildman–Crippen MR) is 347 cm³/mol. The number of piperidine rings is 3. The molecule has 15 nitrogen and oxygen atoms in total. The molecule has 6 N–H and O–H groups in total. The van der Waals surface area contributed by atoms with Crippen molar-refractivity contribution >= 4 is 34.8 Å². The summed E-state index contributed by atoms with van der Waals surface area (Å²) >= 11 is 0. The van der Waals surface area contributed by atoms with Crippen molar-refractivity contribution in [3.05, 3.63) is 232 Å². The first-order chi connectivity index (χ1) is 46.1. The molecular weight excluding hydrogens is 1260 g/mol. The van der Waals surface area contributed by atoms with E-state index >= 15 is 0 Å². The maximum atomic E-state index is 14.6. The molecule has 24 heteroatoms. The van der Waals surface area contributed by atoms with Crippen LogP contribution >= 0.6 is 0 Å². The molecule has 6 aliphatic rings. The first kappa shape index (κ1) is 70.3. The average molecular weight is 1340 g/mol. The Morgan fingerprint density at radius 1 is 0.417 bits per heavy atom. The van der Waals surface area contributed by atoms with Gasteiger partial charge in [-0.3, -0.25) is 0 Å². The van der Waals surface area contributed by atoms with Crippen molar-refractivity contribution in [2.45, 2.75) is 72.5 Å². The molecule has 6 aromatic rings. The summed E-state index contributed by atoms with van der Waals surface area (Å²) in [5.74, 6) is -3.68. The van der Waals surface area contributed by atoms with Crippen LogP contribution in [0.1, 0.15) is 52.6 Å². The van der Waals surface area contributed by atoms with Crippen molar-refractivity contribution in [1.82, 2.24) is 45.3 Å². The Labute approximate surface area is 551 Å². The standard InChI is InChI=1S/3C24H26F3N3O2/c3*1-29(22-9-10-28-13-21(22)27)23(32)30-14-16(19-11-18(25)7-8-20(19)26)12-24(30,15-31)17-5-3-2-4-6-17/h3*2-8,11-12,21-22,28,31H,9-10,13-15H2,1H3/t21-,22+,24+;21-,22-,24+;21-,22-,24-/m001/s1. The molecule has 0 aromatic heterocycles. The summed E-state index contributed by atoms with van der Waals surface area (Å²) in [7, 11) is 4.62. The Morgan fingerprint density at radius 2 is 0.667 bits per heavy atom. The fraction of sp³-hybridized carbons (Fsp3) is 0.375. The van der Waals surface area contributed by atoms with Crippen LogP contribution in [0, 0.1) is 34.9 Å². The molecule has 510 valence electrons.